The lowest BCUT2D eigenvalue weighted by Crippen LogP contribution is -2.37. The van der Waals surface area contributed by atoms with E-state index in [2.05, 4.69) is 0 Å². The highest BCUT2D eigenvalue weighted by atomic mass is 32.2. The zero-order valence-electron chi connectivity index (χ0n) is 9.48. The minimum Gasteiger partial charge on any atom is -0.377 e. The molecule has 3 atom stereocenters. The van der Waals surface area contributed by atoms with Crippen molar-refractivity contribution < 1.29 is 13.2 Å². The van der Waals surface area contributed by atoms with Gasteiger partial charge in [0.05, 0.1) is 17.1 Å². The van der Waals surface area contributed by atoms with Crippen molar-refractivity contribution in [3.8, 4) is 0 Å². The predicted octanol–water partition coefficient (Wildman–Crippen LogP) is 0.706. The van der Waals surface area contributed by atoms with Crippen LogP contribution < -0.4 is 5.73 Å². The highest BCUT2D eigenvalue weighted by Gasteiger charge is 2.36. The molecular formula is C10H21NO3S. The normalized spacial score (nSPS) is 29.3. The summed E-state index contributed by atoms with van der Waals surface area (Å²) in [6.07, 6.45) is 2.13. The van der Waals surface area contributed by atoms with E-state index in [0.29, 0.717) is 13.0 Å². The van der Waals surface area contributed by atoms with Gasteiger partial charge < -0.3 is 10.5 Å². The monoisotopic (exact) mass is 235 g/mol. The van der Waals surface area contributed by atoms with Crippen LogP contribution in [0.25, 0.3) is 0 Å². The Kier molecular flexibility index (Phi) is 4.55. The molecule has 1 saturated heterocycles. The summed E-state index contributed by atoms with van der Waals surface area (Å²) in [6.45, 7) is 4.38. The number of rotatable bonds is 5. The lowest BCUT2D eigenvalue weighted by Gasteiger charge is -2.17. The van der Waals surface area contributed by atoms with Gasteiger partial charge in [-0.05, 0) is 19.8 Å². The smallest absolute Gasteiger partial charge is 0.157 e. The Morgan fingerprint density at radius 1 is 1.53 bits per heavy atom. The molecule has 1 heterocycles. The Hall–Kier alpha value is -0.130. The fourth-order valence-electron chi connectivity index (χ4n) is 2.06. The van der Waals surface area contributed by atoms with Crippen molar-refractivity contribution in [2.45, 2.75) is 50.5 Å². The molecule has 90 valence electrons. The van der Waals surface area contributed by atoms with Crippen LogP contribution in [0.3, 0.4) is 0 Å². The largest absolute Gasteiger partial charge is 0.377 e. The van der Waals surface area contributed by atoms with Crippen LogP contribution in [0.4, 0.5) is 0 Å². The van der Waals surface area contributed by atoms with Gasteiger partial charge in [-0.1, -0.05) is 13.3 Å². The molecule has 0 aromatic carbocycles. The lowest BCUT2D eigenvalue weighted by atomic mass is 10.2. The van der Waals surface area contributed by atoms with E-state index >= 15 is 0 Å². The fourth-order valence-corrected chi connectivity index (χ4v) is 4.19. The van der Waals surface area contributed by atoms with Crippen LogP contribution in [0.2, 0.25) is 0 Å². The molecule has 0 spiro atoms. The molecule has 0 bridgehead atoms. The minimum absolute atomic E-state index is 0.0964. The SMILES string of the molecule is CCCC(N)CS(=O)(=O)C1CCOC1C. The molecule has 2 N–H and O–H groups in total. The standard InChI is InChI=1S/C10H21NO3S/c1-3-4-9(11)7-15(12,13)10-5-6-14-8(10)2/h8-10H,3-7,11H2,1-2H3. The van der Waals surface area contributed by atoms with E-state index in [1.165, 1.54) is 0 Å². The summed E-state index contributed by atoms with van der Waals surface area (Å²) in [4.78, 5) is 0. The quantitative estimate of drug-likeness (QED) is 0.762. The summed E-state index contributed by atoms with van der Waals surface area (Å²) in [5, 5.41) is -0.347. The maximum atomic E-state index is 12.0. The first-order chi connectivity index (χ1) is 6.97. The second-order valence-corrected chi connectivity index (χ2v) is 6.55. The third kappa shape index (κ3) is 3.43. The zero-order valence-corrected chi connectivity index (χ0v) is 10.3. The van der Waals surface area contributed by atoms with Crippen LogP contribution in [-0.2, 0) is 14.6 Å². The summed E-state index contributed by atoms with van der Waals surface area (Å²) in [5.41, 5.74) is 5.76. The van der Waals surface area contributed by atoms with Gasteiger partial charge >= 0.3 is 0 Å². The number of ether oxygens (including phenoxy) is 1. The minimum atomic E-state index is -3.08. The van der Waals surface area contributed by atoms with Crippen LogP contribution in [0.1, 0.15) is 33.1 Å². The van der Waals surface area contributed by atoms with E-state index in [4.69, 9.17) is 10.5 Å². The predicted molar refractivity (Wildman–Crippen MR) is 60.5 cm³/mol. The van der Waals surface area contributed by atoms with Crippen LogP contribution in [-0.4, -0.2) is 38.2 Å². The summed E-state index contributed by atoms with van der Waals surface area (Å²) in [7, 11) is -3.08. The van der Waals surface area contributed by atoms with E-state index in [0.717, 1.165) is 12.8 Å². The molecule has 1 rings (SSSR count). The molecule has 0 aliphatic carbocycles. The first kappa shape index (κ1) is 12.9. The van der Waals surface area contributed by atoms with Gasteiger partial charge in [0.1, 0.15) is 0 Å². The Morgan fingerprint density at radius 3 is 2.67 bits per heavy atom. The number of nitrogens with two attached hydrogens (primary N) is 1. The van der Waals surface area contributed by atoms with Crippen molar-refractivity contribution in [3.05, 3.63) is 0 Å². The molecule has 1 fully saturated rings. The van der Waals surface area contributed by atoms with Gasteiger partial charge in [0.25, 0.3) is 0 Å². The maximum absolute atomic E-state index is 12.0. The number of hydrogen-bond donors (Lipinski definition) is 1. The van der Waals surface area contributed by atoms with E-state index in [9.17, 15) is 8.42 Å². The second kappa shape index (κ2) is 5.27. The molecule has 1 aliphatic heterocycles. The first-order valence-electron chi connectivity index (χ1n) is 5.56. The van der Waals surface area contributed by atoms with E-state index < -0.39 is 9.84 Å². The number of sulfone groups is 1. The van der Waals surface area contributed by atoms with Crippen molar-refractivity contribution in [2.24, 2.45) is 5.73 Å². The van der Waals surface area contributed by atoms with Crippen LogP contribution >= 0.6 is 0 Å². The molecule has 3 unspecified atom stereocenters. The molecule has 4 nitrogen and oxygen atoms in total. The zero-order chi connectivity index (χ0) is 11.5. The Bertz CT molecular complexity index is 289. The van der Waals surface area contributed by atoms with Crippen LogP contribution in [0.5, 0.6) is 0 Å². The summed E-state index contributed by atoms with van der Waals surface area (Å²) in [6, 6.07) is -0.229. The van der Waals surface area contributed by atoms with E-state index in [-0.39, 0.29) is 23.1 Å². The number of hydrogen-bond acceptors (Lipinski definition) is 4. The van der Waals surface area contributed by atoms with Crippen molar-refractivity contribution in [1.82, 2.24) is 0 Å². The second-order valence-electron chi connectivity index (χ2n) is 4.28. The van der Waals surface area contributed by atoms with Gasteiger partial charge in [-0.15, -0.1) is 0 Å². The Morgan fingerprint density at radius 2 is 2.20 bits per heavy atom. The van der Waals surface area contributed by atoms with Gasteiger partial charge in [0.15, 0.2) is 9.84 Å². The van der Waals surface area contributed by atoms with Crippen LogP contribution in [0.15, 0.2) is 0 Å². The molecular weight excluding hydrogens is 214 g/mol. The van der Waals surface area contributed by atoms with Crippen molar-refractivity contribution in [3.63, 3.8) is 0 Å². The van der Waals surface area contributed by atoms with Gasteiger partial charge in [-0.3, -0.25) is 0 Å². The van der Waals surface area contributed by atoms with Crippen molar-refractivity contribution in [2.75, 3.05) is 12.4 Å². The Labute approximate surface area is 92.1 Å². The molecule has 15 heavy (non-hydrogen) atoms. The third-order valence-corrected chi connectivity index (χ3v) is 5.31. The highest BCUT2D eigenvalue weighted by Crippen LogP contribution is 2.22. The van der Waals surface area contributed by atoms with Crippen molar-refractivity contribution in [1.29, 1.82) is 0 Å². The van der Waals surface area contributed by atoms with Gasteiger partial charge in [-0.2, -0.15) is 0 Å². The summed E-state index contributed by atoms with van der Waals surface area (Å²) >= 11 is 0. The van der Waals surface area contributed by atoms with E-state index in [1.807, 2.05) is 13.8 Å². The molecule has 1 aliphatic rings. The van der Waals surface area contributed by atoms with Crippen molar-refractivity contribution >= 4 is 9.84 Å². The Balaban J connectivity index is 2.58. The lowest BCUT2D eigenvalue weighted by molar-refractivity contribution is 0.126. The molecule has 0 saturated carbocycles. The topological polar surface area (TPSA) is 69.4 Å². The fraction of sp³-hybridized carbons (Fsp3) is 1.00. The summed E-state index contributed by atoms with van der Waals surface area (Å²) < 4.78 is 29.2. The summed E-state index contributed by atoms with van der Waals surface area (Å²) in [5.74, 6) is 0.0964. The van der Waals surface area contributed by atoms with Gasteiger partial charge in [-0.25, -0.2) is 8.42 Å². The van der Waals surface area contributed by atoms with Crippen LogP contribution in [0, 0.1) is 0 Å². The average molecular weight is 235 g/mol. The third-order valence-electron chi connectivity index (χ3n) is 2.87. The molecule has 0 radical (unpaired) electrons. The highest BCUT2D eigenvalue weighted by molar-refractivity contribution is 7.92. The van der Waals surface area contributed by atoms with Gasteiger partial charge in [0.2, 0.25) is 0 Å². The van der Waals surface area contributed by atoms with E-state index in [1.54, 1.807) is 0 Å². The maximum Gasteiger partial charge on any atom is 0.157 e. The molecule has 5 heteroatoms. The molecule has 0 aromatic rings. The first-order valence-corrected chi connectivity index (χ1v) is 7.27. The van der Waals surface area contributed by atoms with Gasteiger partial charge in [0, 0.05) is 12.6 Å². The molecule has 0 amide bonds. The average Bonchev–Trinajstić information content (AvgIpc) is 2.51. The molecule has 0 aromatic heterocycles.